The van der Waals surface area contributed by atoms with Gasteiger partial charge >= 0.3 is 5.69 Å². The number of nitrogens with one attached hydrogen (secondary N) is 2. The molecular weight excluding hydrogens is 320 g/mol. The standard InChI is InChI=1S/C14H20N4O4S/c1-22-9-8-17-4-6-18(7-5-17)23(20,21)11-2-3-12-13(10-11)16-14(19)15-12/h2-3,10H,4-9H2,1H3,(H2,15,16,19). The molecule has 1 fully saturated rings. The van der Waals surface area contributed by atoms with Crippen molar-refractivity contribution in [2.24, 2.45) is 0 Å². The minimum atomic E-state index is -3.55. The van der Waals surface area contributed by atoms with Crippen LogP contribution < -0.4 is 5.69 Å². The number of hydrogen-bond donors (Lipinski definition) is 2. The Morgan fingerprint density at radius 1 is 1.13 bits per heavy atom. The van der Waals surface area contributed by atoms with E-state index in [1.54, 1.807) is 13.2 Å². The molecule has 8 nitrogen and oxygen atoms in total. The molecule has 2 heterocycles. The van der Waals surface area contributed by atoms with E-state index >= 15 is 0 Å². The first-order chi connectivity index (χ1) is 11.0. The number of benzene rings is 1. The number of aromatic nitrogens is 2. The molecule has 0 spiro atoms. The van der Waals surface area contributed by atoms with Crippen molar-refractivity contribution in [3.05, 3.63) is 28.7 Å². The summed E-state index contributed by atoms with van der Waals surface area (Å²) in [5, 5.41) is 0. The van der Waals surface area contributed by atoms with Crippen LogP contribution in [-0.2, 0) is 14.8 Å². The van der Waals surface area contributed by atoms with Gasteiger partial charge in [0, 0.05) is 39.8 Å². The molecule has 0 aliphatic carbocycles. The summed E-state index contributed by atoms with van der Waals surface area (Å²) in [6.07, 6.45) is 0. The molecule has 0 bridgehead atoms. The van der Waals surface area contributed by atoms with E-state index in [1.165, 1.54) is 16.4 Å². The van der Waals surface area contributed by atoms with Gasteiger partial charge in [0.2, 0.25) is 10.0 Å². The third-order valence-corrected chi connectivity index (χ3v) is 5.96. The highest BCUT2D eigenvalue weighted by Gasteiger charge is 2.28. The molecule has 2 aromatic rings. The van der Waals surface area contributed by atoms with Crippen molar-refractivity contribution in [3.8, 4) is 0 Å². The number of aromatic amines is 2. The Bertz CT molecular complexity index is 834. The number of methoxy groups -OCH3 is 1. The summed E-state index contributed by atoms with van der Waals surface area (Å²) in [5.41, 5.74) is 0.745. The quantitative estimate of drug-likeness (QED) is 0.786. The lowest BCUT2D eigenvalue weighted by molar-refractivity contribution is 0.123. The van der Waals surface area contributed by atoms with Gasteiger partial charge in [0.15, 0.2) is 0 Å². The maximum Gasteiger partial charge on any atom is 0.323 e. The molecular formula is C14H20N4O4S. The topological polar surface area (TPSA) is 98.5 Å². The van der Waals surface area contributed by atoms with Crippen LogP contribution in [0.15, 0.2) is 27.9 Å². The van der Waals surface area contributed by atoms with Gasteiger partial charge in [0.1, 0.15) is 0 Å². The molecule has 0 unspecified atom stereocenters. The Labute approximate surface area is 134 Å². The van der Waals surface area contributed by atoms with Crippen molar-refractivity contribution in [2.75, 3.05) is 46.4 Å². The monoisotopic (exact) mass is 340 g/mol. The molecule has 1 aromatic carbocycles. The smallest absolute Gasteiger partial charge is 0.323 e. The molecule has 1 aromatic heterocycles. The minimum absolute atomic E-state index is 0.200. The highest BCUT2D eigenvalue weighted by atomic mass is 32.2. The number of ether oxygens (including phenoxy) is 1. The number of H-pyrrole nitrogens is 2. The van der Waals surface area contributed by atoms with E-state index in [9.17, 15) is 13.2 Å². The summed E-state index contributed by atoms with van der Waals surface area (Å²) in [4.78, 5) is 18.9. The zero-order valence-corrected chi connectivity index (χ0v) is 13.7. The molecule has 0 amide bonds. The van der Waals surface area contributed by atoms with Gasteiger partial charge in [-0.25, -0.2) is 13.2 Å². The molecule has 1 aliphatic rings. The van der Waals surface area contributed by atoms with E-state index in [0.717, 1.165) is 6.54 Å². The molecule has 0 atom stereocenters. The predicted octanol–water partition coefficient (Wildman–Crippen LogP) is -0.191. The van der Waals surface area contributed by atoms with Crippen molar-refractivity contribution >= 4 is 21.1 Å². The first-order valence-corrected chi connectivity index (χ1v) is 8.88. The van der Waals surface area contributed by atoms with E-state index in [-0.39, 0.29) is 10.6 Å². The summed E-state index contributed by atoms with van der Waals surface area (Å²) < 4.78 is 32.0. The van der Waals surface area contributed by atoms with Gasteiger partial charge < -0.3 is 14.7 Å². The van der Waals surface area contributed by atoms with Gasteiger partial charge in [-0.3, -0.25) is 4.90 Å². The maximum atomic E-state index is 12.7. The van der Waals surface area contributed by atoms with Crippen LogP contribution in [0.4, 0.5) is 0 Å². The average molecular weight is 340 g/mol. The molecule has 0 radical (unpaired) electrons. The second-order valence-corrected chi connectivity index (χ2v) is 7.46. The van der Waals surface area contributed by atoms with Crippen LogP contribution in [0, 0.1) is 0 Å². The number of piperazine rings is 1. The van der Waals surface area contributed by atoms with Gasteiger partial charge in [0.05, 0.1) is 22.5 Å². The number of fused-ring (bicyclic) bond motifs is 1. The Hall–Kier alpha value is -1.68. The van der Waals surface area contributed by atoms with Crippen LogP contribution in [0.5, 0.6) is 0 Å². The molecule has 2 N–H and O–H groups in total. The number of hydrogen-bond acceptors (Lipinski definition) is 5. The second kappa shape index (κ2) is 6.44. The fourth-order valence-corrected chi connectivity index (χ4v) is 4.18. The Balaban J connectivity index is 1.76. The molecule has 0 saturated carbocycles. The lowest BCUT2D eigenvalue weighted by Crippen LogP contribution is -2.49. The van der Waals surface area contributed by atoms with Crippen molar-refractivity contribution in [3.63, 3.8) is 0 Å². The summed E-state index contributed by atoms with van der Waals surface area (Å²) in [5.74, 6) is 0. The first kappa shape index (κ1) is 16.2. The van der Waals surface area contributed by atoms with Crippen LogP contribution >= 0.6 is 0 Å². The fraction of sp³-hybridized carbons (Fsp3) is 0.500. The Morgan fingerprint density at radius 2 is 1.83 bits per heavy atom. The Kier molecular flexibility index (Phi) is 4.53. The fourth-order valence-electron chi connectivity index (χ4n) is 2.74. The summed E-state index contributed by atoms with van der Waals surface area (Å²) in [6.45, 7) is 3.73. The third kappa shape index (κ3) is 3.32. The lowest BCUT2D eigenvalue weighted by Gasteiger charge is -2.33. The van der Waals surface area contributed by atoms with Crippen LogP contribution in [0.2, 0.25) is 0 Å². The Morgan fingerprint density at radius 3 is 2.52 bits per heavy atom. The van der Waals surface area contributed by atoms with Crippen LogP contribution in [-0.4, -0.2) is 74.0 Å². The van der Waals surface area contributed by atoms with Crippen LogP contribution in [0.3, 0.4) is 0 Å². The number of nitrogens with zero attached hydrogens (tertiary/aromatic N) is 2. The SMILES string of the molecule is COCCN1CCN(S(=O)(=O)c2ccc3[nH]c(=O)[nH]c3c2)CC1. The molecule has 23 heavy (non-hydrogen) atoms. The van der Waals surface area contributed by atoms with Crippen molar-refractivity contribution in [1.29, 1.82) is 0 Å². The number of rotatable bonds is 5. The van der Waals surface area contributed by atoms with Gasteiger partial charge in [-0.15, -0.1) is 0 Å². The molecule has 1 saturated heterocycles. The second-order valence-electron chi connectivity index (χ2n) is 5.53. The summed E-state index contributed by atoms with van der Waals surface area (Å²) in [6, 6.07) is 4.63. The molecule has 126 valence electrons. The molecule has 3 rings (SSSR count). The van der Waals surface area contributed by atoms with E-state index in [4.69, 9.17) is 4.74 Å². The molecule has 1 aliphatic heterocycles. The third-order valence-electron chi connectivity index (χ3n) is 4.07. The van der Waals surface area contributed by atoms with Gasteiger partial charge in [-0.2, -0.15) is 4.31 Å². The van der Waals surface area contributed by atoms with Crippen LogP contribution in [0.1, 0.15) is 0 Å². The van der Waals surface area contributed by atoms with Gasteiger partial charge in [-0.05, 0) is 18.2 Å². The van der Waals surface area contributed by atoms with E-state index < -0.39 is 10.0 Å². The normalized spacial score (nSPS) is 17.8. The van der Waals surface area contributed by atoms with Crippen LogP contribution in [0.25, 0.3) is 11.0 Å². The number of imidazole rings is 1. The minimum Gasteiger partial charge on any atom is -0.383 e. The number of sulfonamides is 1. The first-order valence-electron chi connectivity index (χ1n) is 7.44. The predicted molar refractivity (Wildman–Crippen MR) is 86.0 cm³/mol. The van der Waals surface area contributed by atoms with Gasteiger partial charge in [0.25, 0.3) is 0 Å². The summed E-state index contributed by atoms with van der Waals surface area (Å²) >= 11 is 0. The maximum absolute atomic E-state index is 12.7. The average Bonchev–Trinajstić information content (AvgIpc) is 2.92. The highest BCUT2D eigenvalue weighted by Crippen LogP contribution is 2.20. The van der Waals surface area contributed by atoms with Crippen molar-refractivity contribution in [1.82, 2.24) is 19.2 Å². The highest BCUT2D eigenvalue weighted by molar-refractivity contribution is 7.89. The largest absolute Gasteiger partial charge is 0.383 e. The molecule has 9 heteroatoms. The van der Waals surface area contributed by atoms with Crippen molar-refractivity contribution in [2.45, 2.75) is 4.90 Å². The lowest BCUT2D eigenvalue weighted by atomic mass is 10.3. The van der Waals surface area contributed by atoms with E-state index in [1.807, 2.05) is 0 Å². The zero-order chi connectivity index (χ0) is 16.4. The zero-order valence-electron chi connectivity index (χ0n) is 12.9. The van der Waals surface area contributed by atoms with E-state index in [2.05, 4.69) is 14.9 Å². The van der Waals surface area contributed by atoms with Crippen molar-refractivity contribution < 1.29 is 13.2 Å². The van der Waals surface area contributed by atoms with E-state index in [0.29, 0.717) is 43.8 Å². The summed E-state index contributed by atoms with van der Waals surface area (Å²) in [7, 11) is -1.89. The van der Waals surface area contributed by atoms with Gasteiger partial charge in [-0.1, -0.05) is 0 Å².